The van der Waals surface area contributed by atoms with Crippen molar-refractivity contribution >= 4 is 71.2 Å². The Balaban J connectivity index is 1.11. The maximum absolute atomic E-state index is 2.50. The Morgan fingerprint density at radius 2 is 0.758 bits per heavy atom. The Labute approximate surface area is 360 Å². The molecular weight excluding hydrogens is 749 g/mol. The first-order chi connectivity index (χ1) is 30.8. The summed E-state index contributed by atoms with van der Waals surface area (Å²) in [5.74, 6) is 0. The van der Waals surface area contributed by atoms with Crippen molar-refractivity contribution in [2.75, 3.05) is 4.90 Å². The largest absolute Gasteiger partial charge is 0.309 e. The van der Waals surface area contributed by atoms with E-state index in [1.807, 2.05) is 0 Å². The second kappa shape index (κ2) is 14.8. The molecule has 12 aromatic rings. The highest BCUT2D eigenvalue weighted by molar-refractivity contribution is 6.12. The molecule has 0 fully saturated rings. The first-order valence-electron chi connectivity index (χ1n) is 21.3. The fourth-order valence-corrected chi connectivity index (χ4v) is 9.76. The summed E-state index contributed by atoms with van der Waals surface area (Å²) in [5.41, 5.74) is 13.9. The fourth-order valence-electron chi connectivity index (χ4n) is 9.76. The molecule has 0 spiro atoms. The van der Waals surface area contributed by atoms with Gasteiger partial charge in [0.05, 0.1) is 28.1 Å². The smallest absolute Gasteiger partial charge is 0.0541 e. The van der Waals surface area contributed by atoms with Crippen LogP contribution in [0.2, 0.25) is 0 Å². The van der Waals surface area contributed by atoms with Gasteiger partial charge in [0.15, 0.2) is 0 Å². The van der Waals surface area contributed by atoms with Crippen molar-refractivity contribution in [3.05, 3.63) is 243 Å². The Morgan fingerprint density at radius 1 is 0.258 bits per heavy atom. The van der Waals surface area contributed by atoms with E-state index < -0.39 is 0 Å². The lowest BCUT2D eigenvalue weighted by molar-refractivity contribution is 1.18. The number of benzene rings is 11. The van der Waals surface area contributed by atoms with Gasteiger partial charge in [0, 0.05) is 33.0 Å². The first kappa shape index (κ1) is 35.7. The van der Waals surface area contributed by atoms with Crippen LogP contribution in [0.5, 0.6) is 0 Å². The van der Waals surface area contributed by atoms with Crippen LogP contribution in [0.25, 0.3) is 93.2 Å². The molecule has 0 aliphatic carbocycles. The maximum Gasteiger partial charge on any atom is 0.0541 e. The minimum atomic E-state index is 1.10. The van der Waals surface area contributed by atoms with Gasteiger partial charge in [-0.25, -0.2) is 0 Å². The fraction of sp³-hybridized carbons (Fsp3) is 0. The van der Waals surface area contributed by atoms with Crippen LogP contribution in [-0.2, 0) is 0 Å². The van der Waals surface area contributed by atoms with Crippen LogP contribution < -0.4 is 4.90 Å². The third-order valence-electron chi connectivity index (χ3n) is 12.6. The van der Waals surface area contributed by atoms with Gasteiger partial charge in [-0.1, -0.05) is 194 Å². The zero-order valence-corrected chi connectivity index (χ0v) is 34.0. The predicted octanol–water partition coefficient (Wildman–Crippen LogP) is 16.7. The Hall–Kier alpha value is -8.20. The molecule has 12 rings (SSSR count). The Bertz CT molecular complexity index is 3610. The van der Waals surface area contributed by atoms with E-state index in [1.54, 1.807) is 0 Å². The monoisotopic (exact) mass is 788 g/mol. The van der Waals surface area contributed by atoms with Crippen molar-refractivity contribution in [1.82, 2.24) is 4.57 Å². The highest BCUT2D eigenvalue weighted by Gasteiger charge is 2.24. The van der Waals surface area contributed by atoms with Gasteiger partial charge in [0.2, 0.25) is 0 Å². The second-order valence-electron chi connectivity index (χ2n) is 16.1. The molecular formula is C60H40N2. The lowest BCUT2D eigenvalue weighted by atomic mass is 9.92. The maximum atomic E-state index is 2.50. The first-order valence-corrected chi connectivity index (χ1v) is 21.3. The van der Waals surface area contributed by atoms with Crippen molar-refractivity contribution in [2.45, 2.75) is 0 Å². The number of aromatic nitrogens is 1. The summed E-state index contributed by atoms with van der Waals surface area (Å²) in [6, 6.07) is 88.7. The molecule has 1 aromatic heterocycles. The molecule has 11 aromatic carbocycles. The van der Waals surface area contributed by atoms with E-state index in [0.717, 1.165) is 39.4 Å². The minimum Gasteiger partial charge on any atom is -0.309 e. The molecule has 2 nitrogen and oxygen atoms in total. The summed E-state index contributed by atoms with van der Waals surface area (Å²) in [7, 11) is 0. The molecule has 290 valence electrons. The van der Waals surface area contributed by atoms with Crippen molar-refractivity contribution < 1.29 is 0 Å². The molecule has 1 heterocycles. The molecule has 0 amide bonds. The van der Waals surface area contributed by atoms with Gasteiger partial charge in [0.1, 0.15) is 0 Å². The van der Waals surface area contributed by atoms with E-state index in [9.17, 15) is 0 Å². The van der Waals surface area contributed by atoms with Crippen LogP contribution in [0.3, 0.4) is 0 Å². The number of hydrogen-bond acceptors (Lipinski definition) is 1. The molecule has 0 saturated heterocycles. The molecule has 0 N–H and O–H groups in total. The number of hydrogen-bond donors (Lipinski definition) is 0. The summed E-state index contributed by atoms with van der Waals surface area (Å²) < 4.78 is 2.41. The van der Waals surface area contributed by atoms with Crippen molar-refractivity contribution in [3.63, 3.8) is 0 Å². The van der Waals surface area contributed by atoms with Gasteiger partial charge < -0.3 is 9.47 Å². The molecule has 62 heavy (non-hydrogen) atoms. The summed E-state index contributed by atoms with van der Waals surface area (Å²) in [4.78, 5) is 2.50. The zero-order valence-electron chi connectivity index (χ0n) is 34.0. The van der Waals surface area contributed by atoms with Crippen LogP contribution in [0, 0.1) is 0 Å². The SMILES string of the molecule is c1cc(-c2ccccc2N(c2ccccc2-c2ccc3ccccc3c2)c2ccc(-c3cccc4ccccc34)c3ccccc23)cc(-n2c3ccccc3c3ccccc32)c1. The van der Waals surface area contributed by atoms with Gasteiger partial charge >= 0.3 is 0 Å². The van der Waals surface area contributed by atoms with Gasteiger partial charge in [0.25, 0.3) is 0 Å². The summed E-state index contributed by atoms with van der Waals surface area (Å²) >= 11 is 0. The average Bonchev–Trinajstić information content (AvgIpc) is 3.69. The lowest BCUT2D eigenvalue weighted by Crippen LogP contribution is -2.13. The van der Waals surface area contributed by atoms with Crippen molar-refractivity contribution in [3.8, 4) is 39.1 Å². The lowest BCUT2D eigenvalue weighted by Gasteiger charge is -2.31. The number of para-hydroxylation sites is 4. The molecule has 0 aliphatic heterocycles. The topological polar surface area (TPSA) is 8.17 Å². The highest BCUT2D eigenvalue weighted by atomic mass is 15.1. The number of anilines is 3. The Kier molecular flexibility index (Phi) is 8.53. The predicted molar refractivity (Wildman–Crippen MR) is 264 cm³/mol. The van der Waals surface area contributed by atoms with Crippen LogP contribution in [0.4, 0.5) is 17.1 Å². The van der Waals surface area contributed by atoms with Crippen LogP contribution >= 0.6 is 0 Å². The van der Waals surface area contributed by atoms with E-state index in [1.165, 1.54) is 70.8 Å². The van der Waals surface area contributed by atoms with Crippen LogP contribution in [0.1, 0.15) is 0 Å². The average molecular weight is 789 g/mol. The summed E-state index contributed by atoms with van der Waals surface area (Å²) in [6.45, 7) is 0. The number of nitrogens with zero attached hydrogens (tertiary/aromatic N) is 2. The Morgan fingerprint density at radius 3 is 1.48 bits per heavy atom. The third kappa shape index (κ3) is 5.88. The minimum absolute atomic E-state index is 1.10. The molecule has 0 saturated carbocycles. The summed E-state index contributed by atoms with van der Waals surface area (Å²) in [5, 5.41) is 9.84. The van der Waals surface area contributed by atoms with E-state index in [0.29, 0.717) is 0 Å². The zero-order chi connectivity index (χ0) is 41.0. The standard InChI is InChI=1S/C60H40N2/c1-2-19-43-39-45(36-35-41(43)17-1)49-25-8-12-32-57(49)62(60-38-37-52(51-26-5-6-27-53(51)60)50-30-16-20-42-18-3-4-23-47(42)50)56-31-11-7-24-48(56)44-21-15-22-46(40-44)61-58-33-13-9-28-54(58)55-29-10-14-34-59(55)61/h1-40H. The molecule has 0 aliphatic rings. The molecule has 0 bridgehead atoms. The van der Waals surface area contributed by atoms with Gasteiger partial charge in [-0.2, -0.15) is 0 Å². The van der Waals surface area contributed by atoms with E-state index in [-0.39, 0.29) is 0 Å². The highest BCUT2D eigenvalue weighted by Crippen LogP contribution is 2.49. The molecule has 0 radical (unpaired) electrons. The van der Waals surface area contributed by atoms with Crippen molar-refractivity contribution in [2.24, 2.45) is 0 Å². The quantitative estimate of drug-likeness (QED) is 0.156. The molecule has 0 unspecified atom stereocenters. The van der Waals surface area contributed by atoms with Gasteiger partial charge in [-0.05, 0) is 97.7 Å². The normalized spacial score (nSPS) is 11.5. The third-order valence-corrected chi connectivity index (χ3v) is 12.6. The number of fused-ring (bicyclic) bond motifs is 6. The van der Waals surface area contributed by atoms with E-state index in [4.69, 9.17) is 0 Å². The van der Waals surface area contributed by atoms with Gasteiger partial charge in [-0.15, -0.1) is 0 Å². The molecule has 2 heteroatoms. The molecule has 0 atom stereocenters. The van der Waals surface area contributed by atoms with Crippen LogP contribution in [0.15, 0.2) is 243 Å². The van der Waals surface area contributed by atoms with Crippen LogP contribution in [-0.4, -0.2) is 4.57 Å². The van der Waals surface area contributed by atoms with Gasteiger partial charge in [-0.3, -0.25) is 0 Å². The summed E-state index contributed by atoms with van der Waals surface area (Å²) in [6.07, 6.45) is 0. The van der Waals surface area contributed by atoms with Crippen molar-refractivity contribution in [1.29, 1.82) is 0 Å². The van der Waals surface area contributed by atoms with E-state index >= 15 is 0 Å². The second-order valence-corrected chi connectivity index (χ2v) is 16.1. The van der Waals surface area contributed by atoms with E-state index in [2.05, 4.69) is 252 Å². The number of rotatable bonds is 7.